The minimum Gasteiger partial charge on any atom is -0.497 e. The van der Waals surface area contributed by atoms with Gasteiger partial charge in [0.1, 0.15) is 11.6 Å². The first kappa shape index (κ1) is 16.6. The Morgan fingerprint density at radius 1 is 1.39 bits per heavy atom. The third kappa shape index (κ3) is 3.34. The van der Waals surface area contributed by atoms with Gasteiger partial charge in [-0.15, -0.1) is 11.6 Å². The number of hydrogen-bond donors (Lipinski definition) is 0. The summed E-state index contributed by atoms with van der Waals surface area (Å²) in [4.78, 5) is 17.5. The zero-order valence-electron chi connectivity index (χ0n) is 12.3. The van der Waals surface area contributed by atoms with Crippen molar-refractivity contribution in [2.45, 2.75) is 11.3 Å². The lowest BCUT2D eigenvalue weighted by Crippen LogP contribution is -2.37. The molecule has 2 atom stereocenters. The lowest BCUT2D eigenvalue weighted by molar-refractivity contribution is -0.115. The zero-order valence-corrected chi connectivity index (χ0v) is 14.7. The summed E-state index contributed by atoms with van der Waals surface area (Å²) >= 11 is 6.86. The van der Waals surface area contributed by atoms with Gasteiger partial charge in [-0.3, -0.25) is 4.79 Å². The van der Waals surface area contributed by atoms with Crippen molar-refractivity contribution in [1.29, 1.82) is 0 Å². The molecular formula is C14H15ClN2O4S2. The largest absolute Gasteiger partial charge is 0.497 e. The van der Waals surface area contributed by atoms with Crippen LogP contribution in [0, 0.1) is 0 Å². The number of sulfone groups is 1. The first-order valence-electron chi connectivity index (χ1n) is 6.91. The van der Waals surface area contributed by atoms with Crippen molar-refractivity contribution in [1.82, 2.24) is 0 Å². The van der Waals surface area contributed by atoms with Crippen molar-refractivity contribution in [2.24, 2.45) is 4.99 Å². The van der Waals surface area contributed by atoms with Crippen molar-refractivity contribution in [3.8, 4) is 5.75 Å². The number of aliphatic imine (C=N–C) groups is 1. The van der Waals surface area contributed by atoms with E-state index in [9.17, 15) is 13.2 Å². The monoisotopic (exact) mass is 374 g/mol. The predicted octanol–water partition coefficient (Wildman–Crippen LogP) is 1.54. The summed E-state index contributed by atoms with van der Waals surface area (Å²) in [6.45, 7) is 0. The molecule has 124 valence electrons. The normalized spacial score (nSPS) is 27.2. The van der Waals surface area contributed by atoms with Gasteiger partial charge in [-0.25, -0.2) is 8.42 Å². The molecule has 23 heavy (non-hydrogen) atoms. The van der Waals surface area contributed by atoms with Crippen molar-refractivity contribution in [3.63, 3.8) is 0 Å². The van der Waals surface area contributed by atoms with Crippen LogP contribution in [-0.4, -0.2) is 55.3 Å². The molecule has 3 rings (SSSR count). The maximum Gasteiger partial charge on any atom is 0.262 e. The van der Waals surface area contributed by atoms with Crippen molar-refractivity contribution < 1.29 is 17.9 Å². The summed E-state index contributed by atoms with van der Waals surface area (Å²) in [5.74, 6) is 0.226. The maximum absolute atomic E-state index is 11.9. The summed E-state index contributed by atoms with van der Waals surface area (Å²) in [6.07, 6.45) is 0. The van der Waals surface area contributed by atoms with Crippen LogP contribution in [0.3, 0.4) is 0 Å². The van der Waals surface area contributed by atoms with Crippen LogP contribution < -0.4 is 9.64 Å². The van der Waals surface area contributed by atoms with Crippen LogP contribution in [0.1, 0.15) is 0 Å². The van der Waals surface area contributed by atoms with Gasteiger partial charge in [0.2, 0.25) is 0 Å². The quantitative estimate of drug-likeness (QED) is 0.747. The number of anilines is 1. The molecule has 0 spiro atoms. The summed E-state index contributed by atoms with van der Waals surface area (Å²) < 4.78 is 29.0. The molecule has 1 aromatic rings. The Morgan fingerprint density at radius 2 is 2.09 bits per heavy atom. The molecule has 2 heterocycles. The van der Waals surface area contributed by atoms with Gasteiger partial charge in [0.25, 0.3) is 5.91 Å². The number of amides is 1. The average molecular weight is 375 g/mol. The molecule has 0 saturated carbocycles. The Morgan fingerprint density at radius 3 is 2.70 bits per heavy atom. The first-order chi connectivity index (χ1) is 10.9. The number of halogens is 1. The molecule has 2 aliphatic heterocycles. The number of carbonyl (C=O) groups is 1. The Bertz CT molecular complexity index is 749. The highest BCUT2D eigenvalue weighted by atomic mass is 35.5. The number of rotatable bonds is 3. The van der Waals surface area contributed by atoms with E-state index in [0.29, 0.717) is 10.9 Å². The summed E-state index contributed by atoms with van der Waals surface area (Å²) in [5, 5.41) is 0.384. The first-order valence-corrected chi connectivity index (χ1v) is 10.1. The Labute approximate surface area is 143 Å². The number of fused-ring (bicyclic) bond motifs is 1. The standard InChI is InChI=1S/C14H15ClN2O4S2/c1-21-10-4-2-9(3-5-10)17-11-7-23(19,20)8-12(11)22-14(17)16-13(18)6-15/h2-5,11-12H,6-8H2,1H3/t11-,12-/m0/s1. The van der Waals surface area contributed by atoms with Crippen molar-refractivity contribution >= 4 is 50.0 Å². The van der Waals surface area contributed by atoms with Gasteiger partial charge < -0.3 is 9.64 Å². The number of methoxy groups -OCH3 is 1. The van der Waals surface area contributed by atoms with E-state index < -0.39 is 15.7 Å². The van der Waals surface area contributed by atoms with E-state index in [1.807, 2.05) is 17.0 Å². The minimum atomic E-state index is -3.07. The van der Waals surface area contributed by atoms with E-state index in [1.165, 1.54) is 11.8 Å². The van der Waals surface area contributed by atoms with Crippen LogP contribution in [0.15, 0.2) is 29.3 Å². The molecule has 0 aromatic heterocycles. The van der Waals surface area contributed by atoms with Gasteiger partial charge in [0, 0.05) is 10.9 Å². The lowest BCUT2D eigenvalue weighted by atomic mass is 10.2. The highest BCUT2D eigenvalue weighted by molar-refractivity contribution is 8.16. The molecule has 1 aromatic carbocycles. The molecule has 0 unspecified atom stereocenters. The van der Waals surface area contributed by atoms with E-state index in [-0.39, 0.29) is 28.7 Å². The average Bonchev–Trinajstić information content (AvgIpc) is 2.98. The van der Waals surface area contributed by atoms with Gasteiger partial charge in [-0.1, -0.05) is 11.8 Å². The smallest absolute Gasteiger partial charge is 0.262 e. The molecule has 6 nitrogen and oxygen atoms in total. The number of carbonyl (C=O) groups excluding carboxylic acids is 1. The second kappa shape index (κ2) is 6.33. The number of benzene rings is 1. The Kier molecular flexibility index (Phi) is 4.57. The predicted molar refractivity (Wildman–Crippen MR) is 92.5 cm³/mol. The molecule has 0 bridgehead atoms. The Hall–Kier alpha value is -1.25. The van der Waals surface area contributed by atoms with E-state index in [4.69, 9.17) is 16.3 Å². The lowest BCUT2D eigenvalue weighted by Gasteiger charge is -2.24. The number of hydrogen-bond acceptors (Lipinski definition) is 5. The van der Waals surface area contributed by atoms with Crippen LogP contribution in [0.5, 0.6) is 5.75 Å². The number of nitrogens with zero attached hydrogens (tertiary/aromatic N) is 2. The number of ether oxygens (including phenoxy) is 1. The summed E-state index contributed by atoms with van der Waals surface area (Å²) in [6, 6.07) is 7.01. The molecule has 1 amide bonds. The van der Waals surface area contributed by atoms with Crippen LogP contribution in [0.4, 0.5) is 5.69 Å². The molecule has 0 N–H and O–H groups in total. The van der Waals surface area contributed by atoms with Gasteiger partial charge in [0.15, 0.2) is 15.0 Å². The second-order valence-electron chi connectivity index (χ2n) is 5.29. The van der Waals surface area contributed by atoms with Gasteiger partial charge in [-0.2, -0.15) is 4.99 Å². The van der Waals surface area contributed by atoms with Crippen molar-refractivity contribution in [2.75, 3.05) is 29.4 Å². The summed E-state index contributed by atoms with van der Waals surface area (Å²) in [5.41, 5.74) is 0.782. The van der Waals surface area contributed by atoms with Gasteiger partial charge in [0.05, 0.1) is 24.7 Å². The molecule has 0 aliphatic carbocycles. The van der Waals surface area contributed by atoms with Crippen LogP contribution in [0.25, 0.3) is 0 Å². The zero-order chi connectivity index (χ0) is 16.6. The van der Waals surface area contributed by atoms with E-state index >= 15 is 0 Å². The third-order valence-corrected chi connectivity index (χ3v) is 7.19. The van der Waals surface area contributed by atoms with E-state index in [2.05, 4.69) is 4.99 Å². The number of alkyl halides is 1. The van der Waals surface area contributed by atoms with Crippen LogP contribution >= 0.6 is 23.4 Å². The molecular weight excluding hydrogens is 360 g/mol. The van der Waals surface area contributed by atoms with Crippen LogP contribution in [-0.2, 0) is 14.6 Å². The fourth-order valence-electron chi connectivity index (χ4n) is 2.75. The molecule has 9 heteroatoms. The molecule has 0 radical (unpaired) electrons. The maximum atomic E-state index is 11.9. The summed E-state index contributed by atoms with van der Waals surface area (Å²) in [7, 11) is -1.49. The van der Waals surface area contributed by atoms with Gasteiger partial charge >= 0.3 is 0 Å². The van der Waals surface area contributed by atoms with E-state index in [0.717, 1.165) is 5.69 Å². The Balaban J connectivity index is 1.99. The highest BCUT2D eigenvalue weighted by Crippen LogP contribution is 2.41. The van der Waals surface area contributed by atoms with Crippen molar-refractivity contribution in [3.05, 3.63) is 24.3 Å². The van der Waals surface area contributed by atoms with E-state index in [1.54, 1.807) is 19.2 Å². The topological polar surface area (TPSA) is 76.0 Å². The minimum absolute atomic E-state index is 0.0603. The molecule has 2 fully saturated rings. The highest BCUT2D eigenvalue weighted by Gasteiger charge is 2.49. The number of amidine groups is 1. The molecule has 2 aliphatic rings. The van der Waals surface area contributed by atoms with Gasteiger partial charge in [-0.05, 0) is 24.3 Å². The fourth-order valence-corrected chi connectivity index (χ4v) is 6.74. The third-order valence-electron chi connectivity index (χ3n) is 3.75. The number of thioether (sulfide) groups is 1. The molecule has 2 saturated heterocycles. The second-order valence-corrected chi connectivity index (χ2v) is 8.92. The fraction of sp³-hybridized carbons (Fsp3) is 0.429. The SMILES string of the molecule is COc1ccc(N2C(=NC(=O)CCl)S[C@H]3CS(=O)(=O)C[C@@H]32)cc1. The van der Waals surface area contributed by atoms with Crippen LogP contribution in [0.2, 0.25) is 0 Å².